The molecule has 3 rings (SSSR count). The third-order valence-corrected chi connectivity index (χ3v) is 4.64. The van der Waals surface area contributed by atoms with Crippen molar-refractivity contribution in [1.29, 1.82) is 0 Å². The second kappa shape index (κ2) is 7.40. The first-order valence-electron chi connectivity index (χ1n) is 7.75. The molecule has 0 fully saturated rings. The van der Waals surface area contributed by atoms with Crippen molar-refractivity contribution < 1.29 is 13.8 Å². The molecule has 0 aliphatic carbocycles. The molecule has 1 aliphatic heterocycles. The summed E-state index contributed by atoms with van der Waals surface area (Å²) < 4.78 is 11.6. The highest BCUT2D eigenvalue weighted by Gasteiger charge is 2.25. The Morgan fingerprint density at radius 1 is 1.12 bits per heavy atom. The van der Waals surface area contributed by atoms with Crippen molar-refractivity contribution >= 4 is 39.7 Å². The summed E-state index contributed by atoms with van der Waals surface area (Å²) in [5.41, 5.74) is 1.45. The molecule has 6 nitrogen and oxygen atoms in total. The smallest absolute Gasteiger partial charge is 0.271 e. The number of nitrogens with zero attached hydrogens (tertiary/aromatic N) is 2. The van der Waals surface area contributed by atoms with Crippen LogP contribution in [0.25, 0.3) is 0 Å². The quantitative estimate of drug-likeness (QED) is 0.915. The Balaban J connectivity index is 1.81. The zero-order chi connectivity index (χ0) is 17.8. The Kier molecular flexibility index (Phi) is 5.04. The van der Waals surface area contributed by atoms with Gasteiger partial charge in [-0.2, -0.15) is 5.10 Å². The molecule has 0 radical (unpaired) electrons. The molecular formula is C18H17N3O3S. The minimum atomic E-state index is -1.13. The molecule has 1 atom stereocenters. The number of rotatable bonds is 4. The number of carbonyl (C=O) groups is 2. The van der Waals surface area contributed by atoms with E-state index in [1.807, 2.05) is 18.2 Å². The van der Waals surface area contributed by atoms with Crippen LogP contribution < -0.4 is 10.3 Å². The molecule has 2 aromatic carbocycles. The van der Waals surface area contributed by atoms with E-state index >= 15 is 0 Å². The maximum Gasteiger partial charge on any atom is 0.271 e. The van der Waals surface area contributed by atoms with Crippen molar-refractivity contribution in [2.24, 2.45) is 5.10 Å². The molecule has 1 aliphatic rings. The van der Waals surface area contributed by atoms with Gasteiger partial charge in [-0.3, -0.25) is 13.8 Å². The van der Waals surface area contributed by atoms with E-state index in [1.54, 1.807) is 42.7 Å². The Morgan fingerprint density at radius 3 is 2.60 bits per heavy atom. The van der Waals surface area contributed by atoms with Gasteiger partial charge in [0.15, 0.2) is 0 Å². The average molecular weight is 355 g/mol. The summed E-state index contributed by atoms with van der Waals surface area (Å²) in [4.78, 5) is 25.2. The first kappa shape index (κ1) is 17.0. The molecule has 0 bridgehead atoms. The molecule has 0 spiro atoms. The van der Waals surface area contributed by atoms with E-state index < -0.39 is 10.8 Å². The van der Waals surface area contributed by atoms with Gasteiger partial charge in [0.1, 0.15) is 5.71 Å². The van der Waals surface area contributed by atoms with Crippen LogP contribution in [0, 0.1) is 0 Å². The number of hydrogen-bond acceptors (Lipinski definition) is 4. The van der Waals surface area contributed by atoms with E-state index in [1.165, 1.54) is 5.01 Å². The lowest BCUT2D eigenvalue weighted by Gasteiger charge is -2.23. The van der Waals surface area contributed by atoms with Crippen molar-refractivity contribution in [3.8, 4) is 0 Å². The fourth-order valence-electron chi connectivity index (χ4n) is 2.44. The van der Waals surface area contributed by atoms with Gasteiger partial charge in [-0.25, -0.2) is 5.01 Å². The molecule has 1 heterocycles. The normalized spacial score (nSPS) is 15.5. The summed E-state index contributed by atoms with van der Waals surface area (Å²) >= 11 is 0. The van der Waals surface area contributed by atoms with E-state index in [4.69, 9.17) is 0 Å². The van der Waals surface area contributed by atoms with Crippen LogP contribution >= 0.6 is 0 Å². The molecule has 25 heavy (non-hydrogen) atoms. The molecule has 2 amide bonds. The number of nitrogens with one attached hydrogen (secondary N) is 1. The second-order valence-corrected chi connectivity index (χ2v) is 6.90. The van der Waals surface area contributed by atoms with Gasteiger partial charge in [0.25, 0.3) is 5.91 Å². The predicted molar refractivity (Wildman–Crippen MR) is 98.0 cm³/mol. The molecule has 1 unspecified atom stereocenters. The summed E-state index contributed by atoms with van der Waals surface area (Å²) in [6.07, 6.45) is 2.09. The van der Waals surface area contributed by atoms with Crippen LogP contribution in [0.15, 0.2) is 64.6 Å². The molecule has 0 aromatic heterocycles. The van der Waals surface area contributed by atoms with Crippen LogP contribution in [-0.2, 0) is 20.4 Å². The van der Waals surface area contributed by atoms with Gasteiger partial charge in [0, 0.05) is 40.5 Å². The minimum absolute atomic E-state index is 0.147. The minimum Gasteiger partial charge on any atom is -0.321 e. The molecule has 7 heteroatoms. The van der Waals surface area contributed by atoms with Crippen molar-refractivity contribution in [2.45, 2.75) is 17.7 Å². The van der Waals surface area contributed by atoms with E-state index in [-0.39, 0.29) is 30.4 Å². The maximum absolute atomic E-state index is 12.5. The topological polar surface area (TPSA) is 78.8 Å². The lowest BCUT2D eigenvalue weighted by atomic mass is 10.1. The van der Waals surface area contributed by atoms with E-state index in [0.717, 1.165) is 0 Å². The zero-order valence-electron chi connectivity index (χ0n) is 13.6. The lowest BCUT2D eigenvalue weighted by Crippen LogP contribution is -2.36. The van der Waals surface area contributed by atoms with Gasteiger partial charge in [-0.15, -0.1) is 0 Å². The highest BCUT2D eigenvalue weighted by Crippen LogP contribution is 2.20. The molecule has 0 saturated carbocycles. The van der Waals surface area contributed by atoms with Gasteiger partial charge < -0.3 is 5.32 Å². The van der Waals surface area contributed by atoms with Gasteiger partial charge in [0.05, 0.1) is 5.69 Å². The van der Waals surface area contributed by atoms with Crippen LogP contribution in [-0.4, -0.2) is 28.0 Å². The van der Waals surface area contributed by atoms with Crippen molar-refractivity contribution in [1.82, 2.24) is 0 Å². The highest BCUT2D eigenvalue weighted by atomic mass is 32.2. The first-order valence-corrected chi connectivity index (χ1v) is 9.31. The number of amides is 2. The fourth-order valence-corrected chi connectivity index (χ4v) is 3.01. The van der Waals surface area contributed by atoms with Crippen molar-refractivity contribution in [3.63, 3.8) is 0 Å². The Labute approximate surface area is 148 Å². The summed E-state index contributed by atoms with van der Waals surface area (Å²) in [6.45, 7) is 0. The monoisotopic (exact) mass is 355 g/mol. The van der Waals surface area contributed by atoms with Gasteiger partial charge >= 0.3 is 0 Å². The summed E-state index contributed by atoms with van der Waals surface area (Å²) in [5.74, 6) is -0.515. The summed E-state index contributed by atoms with van der Waals surface area (Å²) in [7, 11) is -1.13. The van der Waals surface area contributed by atoms with Gasteiger partial charge in [0.2, 0.25) is 5.91 Å². The highest BCUT2D eigenvalue weighted by molar-refractivity contribution is 7.84. The van der Waals surface area contributed by atoms with Crippen LogP contribution in [0.1, 0.15) is 12.8 Å². The summed E-state index contributed by atoms with van der Waals surface area (Å²) in [5, 5.41) is 8.23. The lowest BCUT2D eigenvalue weighted by molar-refractivity contribution is -0.118. The maximum atomic E-state index is 12.5. The van der Waals surface area contributed by atoms with Crippen LogP contribution in [0.5, 0.6) is 0 Å². The largest absolute Gasteiger partial charge is 0.321 e. The second-order valence-electron chi connectivity index (χ2n) is 5.52. The molecule has 1 N–H and O–H groups in total. The van der Waals surface area contributed by atoms with Gasteiger partial charge in [-0.05, 0) is 30.3 Å². The molecule has 128 valence electrons. The zero-order valence-corrected chi connectivity index (χ0v) is 14.5. The fraction of sp³-hybridized carbons (Fsp3) is 0.167. The van der Waals surface area contributed by atoms with E-state index in [9.17, 15) is 13.8 Å². The molecular weight excluding hydrogens is 338 g/mol. The Bertz CT molecular complexity index is 865. The molecule has 0 saturated heterocycles. The third-order valence-electron chi connectivity index (χ3n) is 3.72. The number of benzene rings is 2. The standard InChI is InChI=1S/C18H17N3O3S/c1-25(24)15-9-5-6-13(12-15)19-18(23)16-10-11-17(22)21(20-16)14-7-3-2-4-8-14/h2-9,12H,10-11H2,1H3,(H,19,23). The van der Waals surface area contributed by atoms with Crippen LogP contribution in [0.3, 0.4) is 0 Å². The number of para-hydroxylation sites is 1. The third kappa shape index (κ3) is 4.00. The Morgan fingerprint density at radius 2 is 1.88 bits per heavy atom. The summed E-state index contributed by atoms with van der Waals surface area (Å²) in [6, 6.07) is 15.8. The number of carbonyl (C=O) groups excluding carboxylic acids is 2. The van der Waals surface area contributed by atoms with Crippen molar-refractivity contribution in [2.75, 3.05) is 16.6 Å². The van der Waals surface area contributed by atoms with E-state index in [2.05, 4.69) is 10.4 Å². The Hall–Kier alpha value is -2.80. The average Bonchev–Trinajstić information content (AvgIpc) is 2.63. The number of hydrazone groups is 1. The van der Waals surface area contributed by atoms with Gasteiger partial charge in [-0.1, -0.05) is 24.3 Å². The van der Waals surface area contributed by atoms with Crippen molar-refractivity contribution in [3.05, 3.63) is 54.6 Å². The first-order chi connectivity index (χ1) is 12.0. The number of anilines is 2. The van der Waals surface area contributed by atoms with Crippen LogP contribution in [0.4, 0.5) is 11.4 Å². The predicted octanol–water partition coefficient (Wildman–Crippen LogP) is 2.55. The number of hydrogen-bond donors (Lipinski definition) is 1. The van der Waals surface area contributed by atoms with E-state index in [0.29, 0.717) is 16.3 Å². The SMILES string of the molecule is CS(=O)c1cccc(NC(=O)C2=NN(c3ccccc3)C(=O)CC2)c1. The molecule has 2 aromatic rings. The van der Waals surface area contributed by atoms with Crippen LogP contribution in [0.2, 0.25) is 0 Å².